The molecule has 48 valence electrons. The predicted octanol–water partition coefficient (Wildman–Crippen LogP) is 2.59. The third kappa shape index (κ3) is 1.33. The second-order valence-electron chi connectivity index (χ2n) is 1.86. The van der Waals surface area contributed by atoms with Crippen molar-refractivity contribution in [3.05, 3.63) is 28.5 Å². The van der Waals surface area contributed by atoms with Crippen LogP contribution in [0.3, 0.4) is 0 Å². The Morgan fingerprint density at radius 3 is 2.56 bits per heavy atom. The second-order valence-corrected chi connectivity index (χ2v) is 3.14. The van der Waals surface area contributed by atoms with E-state index in [0.29, 0.717) is 0 Å². The van der Waals surface area contributed by atoms with Crippen molar-refractivity contribution in [2.45, 2.75) is 6.92 Å². The smallest absolute Gasteiger partial charge is 0.125 e. The summed E-state index contributed by atoms with van der Waals surface area (Å²) >= 11 is 1.55. The Hall–Kier alpha value is -0.760. The maximum atomic E-state index is 8.85. The molecule has 2 heteroatoms. The van der Waals surface area contributed by atoms with Gasteiger partial charge in [0.05, 0.1) is 4.88 Å². The molecule has 1 rings (SSSR count). The minimum Gasteiger partial charge on any atom is -0.507 e. The van der Waals surface area contributed by atoms with Gasteiger partial charge in [-0.25, -0.2) is 0 Å². The summed E-state index contributed by atoms with van der Waals surface area (Å²) in [5.74, 6) is 0.160. The summed E-state index contributed by atoms with van der Waals surface area (Å²) in [5.41, 5.74) is 0. The molecule has 0 aliphatic carbocycles. The number of hydrogen-bond acceptors (Lipinski definition) is 2. The highest BCUT2D eigenvalue weighted by Gasteiger charge is 1.96. The van der Waals surface area contributed by atoms with E-state index >= 15 is 0 Å². The van der Waals surface area contributed by atoms with E-state index in [0.717, 1.165) is 4.88 Å². The minimum atomic E-state index is 0.160. The first-order chi connectivity index (χ1) is 4.20. The molecular formula is C7H8OS. The minimum absolute atomic E-state index is 0.160. The van der Waals surface area contributed by atoms with E-state index < -0.39 is 0 Å². The summed E-state index contributed by atoms with van der Waals surface area (Å²) in [6, 6.07) is 3.82. The Kier molecular flexibility index (Phi) is 1.58. The first-order valence-electron chi connectivity index (χ1n) is 2.65. The zero-order valence-corrected chi connectivity index (χ0v) is 6.03. The Morgan fingerprint density at radius 1 is 1.67 bits per heavy atom. The molecule has 0 saturated heterocycles. The normalized spacial score (nSPS) is 9.44. The van der Waals surface area contributed by atoms with Crippen LogP contribution < -0.4 is 0 Å². The lowest BCUT2D eigenvalue weighted by atomic mass is 10.4. The zero-order chi connectivity index (χ0) is 6.85. The molecule has 0 aliphatic rings. The first kappa shape index (κ1) is 6.36. The van der Waals surface area contributed by atoms with Gasteiger partial charge in [0.2, 0.25) is 0 Å². The molecule has 0 unspecified atom stereocenters. The van der Waals surface area contributed by atoms with Crippen LogP contribution in [0.15, 0.2) is 18.7 Å². The van der Waals surface area contributed by atoms with Crippen LogP contribution in [0.1, 0.15) is 9.75 Å². The molecule has 0 amide bonds. The zero-order valence-electron chi connectivity index (χ0n) is 5.22. The van der Waals surface area contributed by atoms with Crippen LogP contribution in [0.5, 0.6) is 0 Å². The number of aliphatic hydroxyl groups excluding tert-OH is 1. The van der Waals surface area contributed by atoms with Crippen LogP contribution >= 0.6 is 11.3 Å². The fourth-order valence-corrected chi connectivity index (χ4v) is 1.33. The topological polar surface area (TPSA) is 20.2 Å². The van der Waals surface area contributed by atoms with Gasteiger partial charge in [-0.2, -0.15) is 0 Å². The van der Waals surface area contributed by atoms with Gasteiger partial charge in [0.15, 0.2) is 0 Å². The fraction of sp³-hybridized carbons (Fsp3) is 0.143. The maximum Gasteiger partial charge on any atom is 0.125 e. The van der Waals surface area contributed by atoms with Crippen molar-refractivity contribution in [2.24, 2.45) is 0 Å². The lowest BCUT2D eigenvalue weighted by Crippen LogP contribution is -1.68. The van der Waals surface area contributed by atoms with E-state index in [1.165, 1.54) is 4.88 Å². The molecule has 1 heterocycles. The molecule has 0 saturated carbocycles. The van der Waals surface area contributed by atoms with Gasteiger partial charge in [0, 0.05) is 4.88 Å². The van der Waals surface area contributed by atoms with Crippen LogP contribution in [0.4, 0.5) is 0 Å². The molecule has 0 radical (unpaired) electrons. The Bertz CT molecular complexity index is 225. The monoisotopic (exact) mass is 140 g/mol. The van der Waals surface area contributed by atoms with E-state index in [9.17, 15) is 0 Å². The van der Waals surface area contributed by atoms with E-state index in [-0.39, 0.29) is 5.76 Å². The van der Waals surface area contributed by atoms with Crippen molar-refractivity contribution in [3.63, 3.8) is 0 Å². The number of aliphatic hydroxyl groups is 1. The van der Waals surface area contributed by atoms with Crippen molar-refractivity contribution >= 4 is 17.1 Å². The molecule has 0 spiro atoms. The van der Waals surface area contributed by atoms with Crippen LogP contribution in [0.25, 0.3) is 5.76 Å². The van der Waals surface area contributed by atoms with Crippen LogP contribution in [-0.4, -0.2) is 5.11 Å². The van der Waals surface area contributed by atoms with Crippen molar-refractivity contribution in [3.8, 4) is 0 Å². The third-order valence-corrected chi connectivity index (χ3v) is 2.07. The van der Waals surface area contributed by atoms with Crippen LogP contribution in [-0.2, 0) is 0 Å². The van der Waals surface area contributed by atoms with E-state index in [1.807, 2.05) is 19.1 Å². The highest BCUT2D eigenvalue weighted by Crippen LogP contribution is 2.19. The molecule has 1 aromatic heterocycles. The molecule has 0 aliphatic heterocycles. The quantitative estimate of drug-likeness (QED) is 0.594. The lowest BCUT2D eigenvalue weighted by molar-refractivity contribution is 0.516. The molecule has 0 atom stereocenters. The van der Waals surface area contributed by atoms with Crippen molar-refractivity contribution < 1.29 is 5.11 Å². The molecule has 0 bridgehead atoms. The predicted molar refractivity (Wildman–Crippen MR) is 40.7 cm³/mol. The average Bonchev–Trinajstić information content (AvgIpc) is 2.14. The lowest BCUT2D eigenvalue weighted by Gasteiger charge is -1.86. The molecule has 1 N–H and O–H groups in total. The van der Waals surface area contributed by atoms with Gasteiger partial charge in [-0.15, -0.1) is 11.3 Å². The highest BCUT2D eigenvalue weighted by molar-refractivity contribution is 7.12. The van der Waals surface area contributed by atoms with E-state index in [1.54, 1.807) is 11.3 Å². The number of thiophene rings is 1. The van der Waals surface area contributed by atoms with Gasteiger partial charge in [-0.1, -0.05) is 6.58 Å². The Labute approximate surface area is 58.3 Å². The Morgan fingerprint density at radius 2 is 2.33 bits per heavy atom. The van der Waals surface area contributed by atoms with Gasteiger partial charge >= 0.3 is 0 Å². The van der Waals surface area contributed by atoms with Gasteiger partial charge in [-0.3, -0.25) is 0 Å². The molecule has 1 nitrogen and oxygen atoms in total. The summed E-state index contributed by atoms with van der Waals surface area (Å²) < 4.78 is 0. The van der Waals surface area contributed by atoms with Gasteiger partial charge in [0.25, 0.3) is 0 Å². The first-order valence-corrected chi connectivity index (χ1v) is 3.46. The summed E-state index contributed by atoms with van der Waals surface area (Å²) in [4.78, 5) is 2.05. The summed E-state index contributed by atoms with van der Waals surface area (Å²) in [5, 5.41) is 8.85. The van der Waals surface area contributed by atoms with E-state index in [2.05, 4.69) is 6.58 Å². The fourth-order valence-electron chi connectivity index (χ4n) is 0.590. The highest BCUT2D eigenvalue weighted by atomic mass is 32.1. The van der Waals surface area contributed by atoms with Gasteiger partial charge in [0.1, 0.15) is 5.76 Å². The summed E-state index contributed by atoms with van der Waals surface area (Å²) in [6.45, 7) is 5.40. The molecular weight excluding hydrogens is 132 g/mol. The summed E-state index contributed by atoms with van der Waals surface area (Å²) in [6.07, 6.45) is 0. The van der Waals surface area contributed by atoms with Gasteiger partial charge in [-0.05, 0) is 19.1 Å². The number of hydrogen-bond donors (Lipinski definition) is 1. The molecule has 0 fully saturated rings. The second kappa shape index (κ2) is 2.23. The average molecular weight is 140 g/mol. The van der Waals surface area contributed by atoms with Crippen molar-refractivity contribution in [2.75, 3.05) is 0 Å². The van der Waals surface area contributed by atoms with Crippen LogP contribution in [0, 0.1) is 6.92 Å². The van der Waals surface area contributed by atoms with Crippen molar-refractivity contribution in [1.29, 1.82) is 0 Å². The van der Waals surface area contributed by atoms with Crippen molar-refractivity contribution in [1.82, 2.24) is 0 Å². The summed E-state index contributed by atoms with van der Waals surface area (Å²) in [7, 11) is 0. The Balaban J connectivity index is 2.98. The molecule has 9 heavy (non-hydrogen) atoms. The standard InChI is InChI=1S/C7H8OS/c1-5-3-4-7(9-5)6(2)8/h3-4,8H,2H2,1H3. The number of rotatable bonds is 1. The third-order valence-electron chi connectivity index (χ3n) is 1.02. The molecule has 0 aromatic carbocycles. The maximum absolute atomic E-state index is 8.85. The van der Waals surface area contributed by atoms with Crippen LogP contribution in [0.2, 0.25) is 0 Å². The SMILES string of the molecule is C=C(O)c1ccc(C)s1. The van der Waals surface area contributed by atoms with E-state index in [4.69, 9.17) is 5.11 Å². The number of aryl methyl sites for hydroxylation is 1. The largest absolute Gasteiger partial charge is 0.507 e. The van der Waals surface area contributed by atoms with Gasteiger partial charge < -0.3 is 5.11 Å². The molecule has 1 aromatic rings.